The van der Waals surface area contributed by atoms with Gasteiger partial charge >= 0.3 is 0 Å². The van der Waals surface area contributed by atoms with E-state index in [1.807, 2.05) is 43.3 Å². The zero-order valence-electron chi connectivity index (χ0n) is 16.9. The van der Waals surface area contributed by atoms with Crippen molar-refractivity contribution in [3.05, 3.63) is 88.6 Å². The molecule has 0 bridgehead atoms. The van der Waals surface area contributed by atoms with Gasteiger partial charge in [0.1, 0.15) is 6.33 Å². The predicted molar refractivity (Wildman–Crippen MR) is 118 cm³/mol. The SMILES string of the molecule is Cc1nn(C)c2nc(-c3ccccc3)cc(C(=O)Nn3cnc4ccccc4c3=O)c12. The fourth-order valence-corrected chi connectivity index (χ4v) is 3.70. The third-order valence-corrected chi connectivity index (χ3v) is 5.17. The van der Waals surface area contributed by atoms with Crippen LogP contribution in [-0.2, 0) is 7.05 Å². The maximum absolute atomic E-state index is 13.3. The molecule has 5 aromatic rings. The van der Waals surface area contributed by atoms with Gasteiger partial charge in [0, 0.05) is 12.6 Å². The summed E-state index contributed by atoms with van der Waals surface area (Å²) in [6.45, 7) is 1.83. The van der Waals surface area contributed by atoms with Crippen LogP contribution in [-0.4, -0.2) is 30.3 Å². The van der Waals surface area contributed by atoms with Crippen molar-refractivity contribution in [2.75, 3.05) is 5.43 Å². The van der Waals surface area contributed by atoms with E-state index in [1.54, 1.807) is 36.0 Å². The summed E-state index contributed by atoms with van der Waals surface area (Å²) < 4.78 is 2.75. The average molecular weight is 410 g/mol. The zero-order chi connectivity index (χ0) is 21.5. The van der Waals surface area contributed by atoms with Crippen molar-refractivity contribution in [2.45, 2.75) is 6.92 Å². The molecule has 0 aliphatic rings. The molecule has 8 heteroatoms. The summed E-state index contributed by atoms with van der Waals surface area (Å²) in [5.74, 6) is -0.445. The van der Waals surface area contributed by atoms with Crippen molar-refractivity contribution in [3.63, 3.8) is 0 Å². The van der Waals surface area contributed by atoms with Crippen molar-refractivity contribution in [1.82, 2.24) is 24.4 Å². The number of amides is 1. The van der Waals surface area contributed by atoms with Crippen molar-refractivity contribution in [1.29, 1.82) is 0 Å². The third-order valence-electron chi connectivity index (χ3n) is 5.17. The summed E-state index contributed by atoms with van der Waals surface area (Å²) in [6, 6.07) is 18.3. The fourth-order valence-electron chi connectivity index (χ4n) is 3.70. The maximum Gasteiger partial charge on any atom is 0.280 e. The molecule has 0 radical (unpaired) electrons. The maximum atomic E-state index is 13.3. The first-order valence-corrected chi connectivity index (χ1v) is 9.70. The molecule has 0 fully saturated rings. The van der Waals surface area contributed by atoms with Gasteiger partial charge in [-0.15, -0.1) is 0 Å². The summed E-state index contributed by atoms with van der Waals surface area (Å²) in [4.78, 5) is 35.1. The smallest absolute Gasteiger partial charge is 0.267 e. The Hall–Kier alpha value is -4.33. The van der Waals surface area contributed by atoms with Gasteiger partial charge < -0.3 is 0 Å². The van der Waals surface area contributed by atoms with Crippen LogP contribution < -0.4 is 11.0 Å². The molecule has 0 aliphatic heterocycles. The van der Waals surface area contributed by atoms with Gasteiger partial charge in [-0.25, -0.2) is 14.6 Å². The van der Waals surface area contributed by atoms with Gasteiger partial charge in [-0.05, 0) is 25.1 Å². The summed E-state index contributed by atoms with van der Waals surface area (Å²) in [6.07, 6.45) is 1.31. The number of aromatic nitrogens is 5. The van der Waals surface area contributed by atoms with Crippen LogP contribution in [0.4, 0.5) is 0 Å². The molecule has 2 aromatic carbocycles. The summed E-state index contributed by atoms with van der Waals surface area (Å²) in [5.41, 5.74) is 6.06. The van der Waals surface area contributed by atoms with Gasteiger partial charge in [0.15, 0.2) is 5.65 Å². The predicted octanol–water partition coefficient (Wildman–Crippen LogP) is 3.04. The highest BCUT2D eigenvalue weighted by Gasteiger charge is 2.20. The standard InChI is InChI=1S/C23H18N6O2/c1-14-20-17(12-19(15-8-4-3-5-9-15)25-21(20)28(2)26-14)22(30)27-29-13-24-18-11-7-6-10-16(18)23(29)31/h3-13H,1-2H3,(H,27,30). The van der Waals surface area contributed by atoms with E-state index in [9.17, 15) is 9.59 Å². The Morgan fingerprint density at radius 2 is 1.77 bits per heavy atom. The molecule has 0 atom stereocenters. The van der Waals surface area contributed by atoms with Crippen molar-refractivity contribution < 1.29 is 4.79 Å². The largest absolute Gasteiger partial charge is 0.280 e. The van der Waals surface area contributed by atoms with Gasteiger partial charge in [0.05, 0.1) is 33.2 Å². The molecule has 5 rings (SSSR count). The number of nitrogens with one attached hydrogen (secondary N) is 1. The highest BCUT2D eigenvalue weighted by atomic mass is 16.2. The molecule has 31 heavy (non-hydrogen) atoms. The molecule has 0 saturated heterocycles. The molecule has 3 heterocycles. The molecule has 0 aliphatic carbocycles. The quantitative estimate of drug-likeness (QED) is 0.493. The van der Waals surface area contributed by atoms with Gasteiger partial charge in [0.25, 0.3) is 11.5 Å². The highest BCUT2D eigenvalue weighted by Crippen LogP contribution is 2.26. The van der Waals surface area contributed by atoms with Crippen LogP contribution in [0.3, 0.4) is 0 Å². The Morgan fingerprint density at radius 3 is 2.58 bits per heavy atom. The second-order valence-corrected chi connectivity index (χ2v) is 7.21. The number of aryl methyl sites for hydroxylation is 2. The lowest BCUT2D eigenvalue weighted by Crippen LogP contribution is -2.33. The molecule has 3 aromatic heterocycles. The van der Waals surface area contributed by atoms with Gasteiger partial charge in [-0.1, -0.05) is 42.5 Å². The molecule has 0 saturated carbocycles. The van der Waals surface area contributed by atoms with E-state index in [-0.39, 0.29) is 5.56 Å². The van der Waals surface area contributed by atoms with E-state index < -0.39 is 5.91 Å². The molecule has 0 spiro atoms. The van der Waals surface area contributed by atoms with Crippen molar-refractivity contribution >= 4 is 27.8 Å². The minimum Gasteiger partial charge on any atom is -0.267 e. The Kier molecular flexibility index (Phi) is 4.32. The van der Waals surface area contributed by atoms with E-state index >= 15 is 0 Å². The van der Waals surface area contributed by atoms with E-state index in [2.05, 4.69) is 15.5 Å². The van der Waals surface area contributed by atoms with Crippen LogP contribution in [0.15, 0.2) is 71.8 Å². The van der Waals surface area contributed by atoms with Crippen LogP contribution in [0.1, 0.15) is 16.1 Å². The zero-order valence-corrected chi connectivity index (χ0v) is 16.9. The lowest BCUT2D eigenvalue weighted by atomic mass is 10.1. The number of carbonyl (C=O) groups excluding carboxylic acids is 1. The minimum absolute atomic E-state index is 0.351. The normalized spacial score (nSPS) is 11.2. The highest BCUT2D eigenvalue weighted by molar-refractivity contribution is 6.11. The van der Waals surface area contributed by atoms with Gasteiger partial charge in [-0.3, -0.25) is 19.7 Å². The number of nitrogens with zero attached hydrogens (tertiary/aromatic N) is 5. The summed E-state index contributed by atoms with van der Waals surface area (Å²) in [5, 5.41) is 5.49. The third kappa shape index (κ3) is 3.14. The van der Waals surface area contributed by atoms with Gasteiger partial charge in [-0.2, -0.15) is 5.10 Å². The van der Waals surface area contributed by atoms with E-state index in [0.717, 1.165) is 10.2 Å². The fraction of sp³-hybridized carbons (Fsp3) is 0.0870. The number of rotatable bonds is 3. The van der Waals surface area contributed by atoms with E-state index in [1.165, 1.54) is 6.33 Å². The first kappa shape index (κ1) is 18.7. The van der Waals surface area contributed by atoms with Crippen molar-refractivity contribution in [3.8, 4) is 11.3 Å². The van der Waals surface area contributed by atoms with Crippen LogP contribution in [0.5, 0.6) is 0 Å². The molecule has 1 N–H and O–H groups in total. The van der Waals surface area contributed by atoms with Crippen LogP contribution in [0.2, 0.25) is 0 Å². The second kappa shape index (κ2) is 7.17. The number of carbonyl (C=O) groups is 1. The lowest BCUT2D eigenvalue weighted by Gasteiger charge is -2.11. The second-order valence-electron chi connectivity index (χ2n) is 7.21. The summed E-state index contributed by atoms with van der Waals surface area (Å²) >= 11 is 0. The Labute approximate surface area is 176 Å². The first-order valence-electron chi connectivity index (χ1n) is 9.70. The van der Waals surface area contributed by atoms with E-state index in [0.29, 0.717) is 38.9 Å². The first-order chi connectivity index (χ1) is 15.0. The number of benzene rings is 2. The topological polar surface area (TPSA) is 94.7 Å². The number of fused-ring (bicyclic) bond motifs is 2. The molecule has 152 valence electrons. The van der Waals surface area contributed by atoms with Gasteiger partial charge in [0.2, 0.25) is 0 Å². The van der Waals surface area contributed by atoms with E-state index in [4.69, 9.17) is 4.98 Å². The number of hydrogen-bond donors (Lipinski definition) is 1. The van der Waals surface area contributed by atoms with Crippen LogP contribution in [0.25, 0.3) is 33.2 Å². The Morgan fingerprint density at radius 1 is 1.03 bits per heavy atom. The Bertz CT molecular complexity index is 1520. The molecular formula is C23H18N6O2. The van der Waals surface area contributed by atoms with Crippen molar-refractivity contribution in [2.24, 2.45) is 7.05 Å². The monoisotopic (exact) mass is 410 g/mol. The Balaban J connectivity index is 1.65. The molecule has 1 amide bonds. The molecule has 0 unspecified atom stereocenters. The summed E-state index contributed by atoms with van der Waals surface area (Å²) in [7, 11) is 1.79. The van der Waals surface area contributed by atoms with Crippen LogP contribution >= 0.6 is 0 Å². The number of para-hydroxylation sites is 1. The van der Waals surface area contributed by atoms with Crippen LogP contribution in [0, 0.1) is 6.92 Å². The molecular weight excluding hydrogens is 392 g/mol. The number of pyridine rings is 1. The molecule has 8 nitrogen and oxygen atoms in total. The number of hydrogen-bond acceptors (Lipinski definition) is 5. The lowest BCUT2D eigenvalue weighted by molar-refractivity contribution is 0.101. The minimum atomic E-state index is -0.445. The average Bonchev–Trinajstić information content (AvgIpc) is 3.09.